The Bertz CT molecular complexity index is 1010. The summed E-state index contributed by atoms with van der Waals surface area (Å²) >= 11 is 0. The van der Waals surface area contributed by atoms with Crippen molar-refractivity contribution < 1.29 is 19.0 Å². The van der Waals surface area contributed by atoms with Crippen LogP contribution in [0.5, 0.6) is 0 Å². The van der Waals surface area contributed by atoms with E-state index in [1.165, 1.54) is 11.6 Å². The van der Waals surface area contributed by atoms with Gasteiger partial charge < -0.3 is 14.2 Å². The molecule has 0 aliphatic carbocycles. The van der Waals surface area contributed by atoms with Crippen molar-refractivity contribution in [1.29, 1.82) is 0 Å². The maximum absolute atomic E-state index is 11.9. The van der Waals surface area contributed by atoms with Gasteiger partial charge in [0.15, 0.2) is 5.76 Å². The molecule has 0 N–H and O–H groups in total. The quantitative estimate of drug-likeness (QED) is 0.158. The van der Waals surface area contributed by atoms with E-state index in [1.807, 2.05) is 36.7 Å². The number of allylic oxidation sites excluding steroid dienone is 1. The van der Waals surface area contributed by atoms with Gasteiger partial charge in [0, 0.05) is 32.3 Å². The normalized spacial score (nSPS) is 13.4. The van der Waals surface area contributed by atoms with Crippen molar-refractivity contribution in [3.8, 4) is 0 Å². The smallest absolute Gasteiger partial charge is 0.452 e. The molecule has 2 rings (SSSR count). The van der Waals surface area contributed by atoms with Gasteiger partial charge in [0.05, 0.1) is 5.69 Å². The molecule has 1 heterocycles. The number of carbonyl (C=O) groups is 1. The second-order valence-electron chi connectivity index (χ2n) is 8.60. The van der Waals surface area contributed by atoms with Gasteiger partial charge in [0.2, 0.25) is 6.29 Å². The molecule has 1 aromatic carbocycles. The van der Waals surface area contributed by atoms with E-state index in [2.05, 4.69) is 49.6 Å². The van der Waals surface area contributed by atoms with Crippen LogP contribution >= 0.6 is 0 Å². The lowest BCUT2D eigenvalue weighted by Gasteiger charge is -2.21. The highest BCUT2D eigenvalue weighted by Crippen LogP contribution is 2.30. The van der Waals surface area contributed by atoms with Crippen LogP contribution in [0.3, 0.4) is 0 Å². The Labute approximate surface area is 196 Å². The highest BCUT2D eigenvalue weighted by Gasteiger charge is 2.22. The number of hydrogen-bond donors (Lipinski definition) is 0. The van der Waals surface area contributed by atoms with Crippen LogP contribution in [0.2, 0.25) is 0 Å². The minimum Gasteiger partial charge on any atom is -0.452 e. The lowest BCUT2D eigenvalue weighted by Crippen LogP contribution is -2.20. The predicted octanol–water partition coefficient (Wildman–Crippen LogP) is 5.78. The Morgan fingerprint density at radius 2 is 1.91 bits per heavy atom. The predicted molar refractivity (Wildman–Crippen MR) is 132 cm³/mol. The molecule has 0 radical (unpaired) electrons. The number of hydrogen-bond acceptors (Lipinski definition) is 6. The number of aryl methyl sites for hydroxylation is 2. The summed E-state index contributed by atoms with van der Waals surface area (Å²) < 4.78 is 18.2. The summed E-state index contributed by atoms with van der Waals surface area (Å²) in [5.41, 5.74) is 4.54. The van der Waals surface area contributed by atoms with Gasteiger partial charge in [0.1, 0.15) is 12.3 Å². The molecule has 1 aromatic heterocycles. The number of ether oxygens (including phenoxy) is 3. The van der Waals surface area contributed by atoms with E-state index < -0.39 is 12.4 Å². The third kappa shape index (κ3) is 7.07. The van der Waals surface area contributed by atoms with Crippen LogP contribution in [0.4, 0.5) is 4.79 Å². The molecule has 0 aliphatic heterocycles. The van der Waals surface area contributed by atoms with E-state index in [1.54, 1.807) is 20.2 Å². The zero-order chi connectivity index (χ0) is 24.6. The molecular formula is C26H35N3O4. The average Bonchev–Trinajstić information content (AvgIpc) is 3.14. The van der Waals surface area contributed by atoms with Gasteiger partial charge >= 0.3 is 6.16 Å². The van der Waals surface area contributed by atoms with Crippen molar-refractivity contribution in [3.63, 3.8) is 0 Å². The van der Waals surface area contributed by atoms with Crippen LogP contribution in [0.1, 0.15) is 57.1 Å². The van der Waals surface area contributed by atoms with Gasteiger partial charge in [0.25, 0.3) is 0 Å². The highest BCUT2D eigenvalue weighted by molar-refractivity contribution is 6.18. The second kappa shape index (κ2) is 11.5. The zero-order valence-electron chi connectivity index (χ0n) is 20.7. The lowest BCUT2D eigenvalue weighted by molar-refractivity contribution is -0.0648. The Hall–Kier alpha value is -3.35. The number of nitrogens with zero attached hydrogens (tertiary/aromatic N) is 3. The van der Waals surface area contributed by atoms with Crippen molar-refractivity contribution in [2.75, 3.05) is 13.7 Å². The first-order valence-corrected chi connectivity index (χ1v) is 11.0. The third-order valence-electron chi connectivity index (χ3n) is 4.86. The van der Waals surface area contributed by atoms with Crippen molar-refractivity contribution >= 4 is 23.7 Å². The van der Waals surface area contributed by atoms with Gasteiger partial charge in [-0.05, 0) is 36.5 Å². The van der Waals surface area contributed by atoms with Crippen molar-refractivity contribution in [2.24, 2.45) is 4.99 Å². The molecule has 0 saturated carbocycles. The van der Waals surface area contributed by atoms with E-state index in [9.17, 15) is 4.79 Å². The van der Waals surface area contributed by atoms with Gasteiger partial charge in [-0.2, -0.15) is 5.10 Å². The molecule has 0 spiro atoms. The van der Waals surface area contributed by atoms with E-state index >= 15 is 0 Å². The second-order valence-corrected chi connectivity index (χ2v) is 8.60. The summed E-state index contributed by atoms with van der Waals surface area (Å²) in [6, 6.07) is 10.2. The van der Waals surface area contributed by atoms with Gasteiger partial charge in [-0.1, -0.05) is 57.7 Å². The summed E-state index contributed by atoms with van der Waals surface area (Å²) in [6.07, 6.45) is 1.47. The topological polar surface area (TPSA) is 74.9 Å². The number of benzene rings is 1. The first-order valence-electron chi connectivity index (χ1n) is 11.0. The summed E-state index contributed by atoms with van der Waals surface area (Å²) in [5, 5.41) is 4.56. The Balaban J connectivity index is 2.58. The van der Waals surface area contributed by atoms with Crippen LogP contribution < -0.4 is 0 Å². The molecule has 1 unspecified atom stereocenters. The van der Waals surface area contributed by atoms with E-state index in [4.69, 9.17) is 14.2 Å². The maximum atomic E-state index is 11.9. The van der Waals surface area contributed by atoms with Gasteiger partial charge in [-0.3, -0.25) is 9.67 Å². The summed E-state index contributed by atoms with van der Waals surface area (Å²) in [6.45, 7) is 16.3. The Morgan fingerprint density at radius 3 is 2.45 bits per heavy atom. The molecule has 0 saturated heterocycles. The minimum atomic E-state index is -0.910. The number of rotatable bonds is 9. The van der Waals surface area contributed by atoms with Crippen LogP contribution in [0.15, 0.2) is 48.0 Å². The molecule has 178 valence electrons. The molecule has 7 heteroatoms. The fraction of sp³-hybridized carbons (Fsp3) is 0.423. The summed E-state index contributed by atoms with van der Waals surface area (Å²) in [4.78, 5) is 16.2. The summed E-state index contributed by atoms with van der Waals surface area (Å²) in [7, 11) is 1.70. The van der Waals surface area contributed by atoms with Crippen LogP contribution in [-0.4, -0.2) is 42.1 Å². The number of aliphatic imine (C=N–C) groups is 1. The van der Waals surface area contributed by atoms with E-state index in [-0.39, 0.29) is 12.0 Å². The standard InChI is InChI=1S/C26H35N3O4/c1-9-15-31-25(30)33-19(4)32-24(23-16-18(3)28-29(23)10-2)22(17-27-8)20-11-13-21(14-12-20)26(5,6)7/h9,11-14,16-17,19H,1,10,15H2,2-8H3/b24-22-,27-17-. The highest BCUT2D eigenvalue weighted by atomic mass is 16.8. The molecule has 7 nitrogen and oxygen atoms in total. The van der Waals surface area contributed by atoms with Crippen molar-refractivity contribution in [2.45, 2.75) is 59.8 Å². The average molecular weight is 454 g/mol. The fourth-order valence-electron chi connectivity index (χ4n) is 3.26. The number of aromatic nitrogens is 2. The zero-order valence-corrected chi connectivity index (χ0v) is 20.7. The van der Waals surface area contributed by atoms with Crippen LogP contribution in [0, 0.1) is 6.92 Å². The molecule has 33 heavy (non-hydrogen) atoms. The molecule has 1 atom stereocenters. The maximum Gasteiger partial charge on any atom is 0.511 e. The first-order chi connectivity index (χ1) is 15.6. The lowest BCUT2D eigenvalue weighted by atomic mass is 9.86. The number of carbonyl (C=O) groups excluding carboxylic acids is 1. The molecule has 0 amide bonds. The molecule has 0 bridgehead atoms. The Morgan fingerprint density at radius 1 is 1.24 bits per heavy atom. The van der Waals surface area contributed by atoms with Crippen LogP contribution in [-0.2, 0) is 26.2 Å². The van der Waals surface area contributed by atoms with E-state index in [0.29, 0.717) is 12.3 Å². The third-order valence-corrected chi connectivity index (χ3v) is 4.86. The van der Waals surface area contributed by atoms with Gasteiger partial charge in [-0.25, -0.2) is 4.79 Å². The molecule has 2 aromatic rings. The summed E-state index contributed by atoms with van der Waals surface area (Å²) in [5.74, 6) is 0.510. The van der Waals surface area contributed by atoms with Crippen LogP contribution in [0.25, 0.3) is 11.3 Å². The largest absolute Gasteiger partial charge is 0.511 e. The monoisotopic (exact) mass is 453 g/mol. The fourth-order valence-corrected chi connectivity index (χ4v) is 3.26. The van der Waals surface area contributed by atoms with E-state index in [0.717, 1.165) is 22.5 Å². The van der Waals surface area contributed by atoms with Gasteiger partial charge in [-0.15, -0.1) is 0 Å². The van der Waals surface area contributed by atoms with Crippen molar-refractivity contribution in [1.82, 2.24) is 9.78 Å². The SMILES string of the molecule is C=CCOC(=O)OC(C)O/C(=C(/C=N\C)c1ccc(C(C)(C)C)cc1)c1cc(C)nn1CC. The molecule has 0 fully saturated rings. The minimum absolute atomic E-state index is 0.0344. The van der Waals surface area contributed by atoms with Crippen molar-refractivity contribution in [3.05, 3.63) is 65.5 Å². The Kier molecular flexibility index (Phi) is 9.02. The first kappa shape index (κ1) is 25.9. The molecule has 0 aliphatic rings. The molecular weight excluding hydrogens is 418 g/mol.